The van der Waals surface area contributed by atoms with Crippen molar-refractivity contribution in [1.29, 1.82) is 0 Å². The third-order valence-electron chi connectivity index (χ3n) is 4.37. The van der Waals surface area contributed by atoms with Crippen molar-refractivity contribution < 1.29 is 14.3 Å². The average Bonchev–Trinajstić information content (AvgIpc) is 2.60. The maximum atomic E-state index is 11.1. The highest BCUT2D eigenvalue weighted by atomic mass is 16.5. The van der Waals surface area contributed by atoms with Gasteiger partial charge in [-0.05, 0) is 19.4 Å². The van der Waals surface area contributed by atoms with Gasteiger partial charge < -0.3 is 9.47 Å². The first kappa shape index (κ1) is 23.2. The summed E-state index contributed by atoms with van der Waals surface area (Å²) in [6.45, 7) is 4.93. The van der Waals surface area contributed by atoms with Gasteiger partial charge in [0.05, 0.1) is 13.2 Å². The highest BCUT2D eigenvalue weighted by molar-refractivity contribution is 5.81. The first-order valence-electron chi connectivity index (χ1n) is 10.1. The Morgan fingerprint density at radius 2 is 1.33 bits per heavy atom. The van der Waals surface area contributed by atoms with E-state index in [0.29, 0.717) is 6.61 Å². The molecule has 0 rings (SSSR count). The Bertz CT molecular complexity index is 299. The third kappa shape index (κ3) is 16.0. The van der Waals surface area contributed by atoms with Crippen LogP contribution in [0.2, 0.25) is 0 Å². The number of hydrogen-bond acceptors (Lipinski definition) is 3. The van der Waals surface area contributed by atoms with Crippen LogP contribution in [0, 0.1) is 0 Å². The Morgan fingerprint density at radius 3 is 1.79 bits per heavy atom. The van der Waals surface area contributed by atoms with Crippen molar-refractivity contribution in [2.75, 3.05) is 13.7 Å². The lowest BCUT2D eigenvalue weighted by molar-refractivity contribution is -0.134. The molecule has 0 saturated carbocycles. The molecule has 3 nitrogen and oxygen atoms in total. The highest BCUT2D eigenvalue weighted by Gasteiger charge is 2.05. The maximum absolute atomic E-state index is 11.1. The van der Waals surface area contributed by atoms with Crippen LogP contribution < -0.4 is 0 Å². The van der Waals surface area contributed by atoms with Crippen LogP contribution in [-0.4, -0.2) is 25.8 Å². The molecule has 0 spiro atoms. The average molecular weight is 341 g/mol. The molecule has 0 radical (unpaired) electrons. The summed E-state index contributed by atoms with van der Waals surface area (Å²) in [5.41, 5.74) is 0. The van der Waals surface area contributed by atoms with Crippen LogP contribution in [0.5, 0.6) is 0 Å². The van der Waals surface area contributed by atoms with Gasteiger partial charge in [0.2, 0.25) is 0 Å². The molecule has 3 heteroatoms. The number of carbonyl (C=O) groups is 1. The minimum Gasteiger partial charge on any atom is -0.466 e. The van der Waals surface area contributed by atoms with E-state index in [2.05, 4.69) is 11.7 Å². The normalized spacial score (nSPS) is 12.6. The summed E-state index contributed by atoms with van der Waals surface area (Å²) < 4.78 is 10.3. The predicted molar refractivity (Wildman–Crippen MR) is 102 cm³/mol. The molecule has 1 unspecified atom stereocenters. The van der Waals surface area contributed by atoms with Gasteiger partial charge >= 0.3 is 5.97 Å². The van der Waals surface area contributed by atoms with Crippen LogP contribution in [0.25, 0.3) is 0 Å². The molecule has 24 heavy (non-hydrogen) atoms. The monoisotopic (exact) mass is 340 g/mol. The molecule has 0 aliphatic heterocycles. The summed E-state index contributed by atoms with van der Waals surface area (Å²) in [4.78, 5) is 11.1. The number of methoxy groups -OCH3 is 1. The molecule has 0 aliphatic rings. The van der Waals surface area contributed by atoms with Gasteiger partial charge in [0, 0.05) is 12.7 Å². The lowest BCUT2D eigenvalue weighted by Gasteiger charge is -2.12. The number of rotatable bonds is 17. The Kier molecular flexibility index (Phi) is 17.9. The van der Waals surface area contributed by atoms with Crippen molar-refractivity contribution in [3.8, 4) is 0 Å². The van der Waals surface area contributed by atoms with E-state index in [1.165, 1.54) is 83.8 Å². The molecular weight excluding hydrogens is 300 g/mol. The fourth-order valence-electron chi connectivity index (χ4n) is 2.89. The van der Waals surface area contributed by atoms with Gasteiger partial charge in [-0.15, -0.1) is 0 Å². The Balaban J connectivity index is 3.48. The van der Waals surface area contributed by atoms with Gasteiger partial charge in [-0.3, -0.25) is 0 Å². The molecule has 0 N–H and O–H groups in total. The topological polar surface area (TPSA) is 35.5 Å². The van der Waals surface area contributed by atoms with Crippen molar-refractivity contribution >= 4 is 5.97 Å². The van der Waals surface area contributed by atoms with Crippen molar-refractivity contribution in [1.82, 2.24) is 0 Å². The van der Waals surface area contributed by atoms with Crippen LogP contribution in [0.3, 0.4) is 0 Å². The van der Waals surface area contributed by atoms with Gasteiger partial charge in [-0.1, -0.05) is 84.0 Å². The molecule has 142 valence electrons. The van der Waals surface area contributed by atoms with E-state index in [1.807, 2.05) is 13.0 Å². The van der Waals surface area contributed by atoms with Crippen LogP contribution in [0.4, 0.5) is 0 Å². The second kappa shape index (κ2) is 18.5. The zero-order valence-electron chi connectivity index (χ0n) is 16.4. The van der Waals surface area contributed by atoms with Gasteiger partial charge in [0.1, 0.15) is 0 Å². The molecule has 0 amide bonds. The van der Waals surface area contributed by atoms with E-state index in [-0.39, 0.29) is 12.1 Å². The second-order valence-electron chi connectivity index (χ2n) is 6.55. The number of esters is 1. The third-order valence-corrected chi connectivity index (χ3v) is 4.37. The van der Waals surface area contributed by atoms with Crippen LogP contribution in [0.15, 0.2) is 12.2 Å². The van der Waals surface area contributed by atoms with E-state index in [0.717, 1.165) is 12.8 Å². The lowest BCUT2D eigenvalue weighted by atomic mass is 10.0. The Labute approximate surface area is 150 Å². The predicted octanol–water partition coefficient (Wildman–Crippen LogP) is 6.21. The SMILES string of the molecule is CCCCCCCCCCCCCCC(/C=C/C(=O)OC)OCC. The van der Waals surface area contributed by atoms with Crippen LogP contribution in [0.1, 0.15) is 97.3 Å². The minimum atomic E-state index is -0.311. The van der Waals surface area contributed by atoms with E-state index >= 15 is 0 Å². The van der Waals surface area contributed by atoms with Gasteiger partial charge in [0.15, 0.2) is 0 Å². The lowest BCUT2D eigenvalue weighted by Crippen LogP contribution is -2.10. The molecule has 0 aromatic heterocycles. The van der Waals surface area contributed by atoms with Crippen molar-refractivity contribution in [2.24, 2.45) is 0 Å². The van der Waals surface area contributed by atoms with Gasteiger partial charge in [-0.2, -0.15) is 0 Å². The maximum Gasteiger partial charge on any atom is 0.330 e. The van der Waals surface area contributed by atoms with Gasteiger partial charge in [0.25, 0.3) is 0 Å². The largest absolute Gasteiger partial charge is 0.466 e. The number of unbranched alkanes of at least 4 members (excludes halogenated alkanes) is 11. The molecule has 0 bridgehead atoms. The molecule has 0 heterocycles. The summed E-state index contributed by atoms with van der Waals surface area (Å²) >= 11 is 0. The summed E-state index contributed by atoms with van der Waals surface area (Å²) in [6, 6.07) is 0. The minimum absolute atomic E-state index is 0.0391. The Morgan fingerprint density at radius 1 is 0.833 bits per heavy atom. The molecule has 0 fully saturated rings. The standard InChI is InChI=1S/C21H40O3/c1-4-6-7-8-9-10-11-12-13-14-15-16-17-20(24-5-2)18-19-21(22)23-3/h18-20H,4-17H2,1-3H3/b19-18+. The second-order valence-corrected chi connectivity index (χ2v) is 6.55. The zero-order valence-corrected chi connectivity index (χ0v) is 16.4. The summed E-state index contributed by atoms with van der Waals surface area (Å²) in [6.07, 6.45) is 20.6. The molecule has 1 atom stereocenters. The van der Waals surface area contributed by atoms with Crippen LogP contribution in [-0.2, 0) is 14.3 Å². The molecule has 0 aromatic rings. The van der Waals surface area contributed by atoms with Crippen molar-refractivity contribution in [3.05, 3.63) is 12.2 Å². The first-order valence-corrected chi connectivity index (χ1v) is 10.1. The van der Waals surface area contributed by atoms with E-state index in [4.69, 9.17) is 4.74 Å². The summed E-state index contributed by atoms with van der Waals surface area (Å²) in [7, 11) is 1.40. The molecule has 0 saturated heterocycles. The highest BCUT2D eigenvalue weighted by Crippen LogP contribution is 2.14. The fraction of sp³-hybridized carbons (Fsp3) is 0.857. The molecular formula is C21H40O3. The fourth-order valence-corrected chi connectivity index (χ4v) is 2.89. The smallest absolute Gasteiger partial charge is 0.330 e. The van der Waals surface area contributed by atoms with E-state index in [9.17, 15) is 4.79 Å². The van der Waals surface area contributed by atoms with E-state index < -0.39 is 0 Å². The summed E-state index contributed by atoms with van der Waals surface area (Å²) in [5.74, 6) is -0.311. The number of carbonyl (C=O) groups excluding carboxylic acids is 1. The molecule has 0 aromatic carbocycles. The van der Waals surface area contributed by atoms with Crippen molar-refractivity contribution in [3.63, 3.8) is 0 Å². The zero-order chi connectivity index (χ0) is 17.9. The quantitative estimate of drug-likeness (QED) is 0.179. The van der Waals surface area contributed by atoms with Gasteiger partial charge in [-0.25, -0.2) is 4.79 Å². The summed E-state index contributed by atoms with van der Waals surface area (Å²) in [5, 5.41) is 0. The molecule has 0 aliphatic carbocycles. The number of ether oxygens (including phenoxy) is 2. The van der Waals surface area contributed by atoms with Crippen LogP contribution >= 0.6 is 0 Å². The first-order chi connectivity index (χ1) is 11.7. The van der Waals surface area contributed by atoms with E-state index in [1.54, 1.807) is 0 Å². The van der Waals surface area contributed by atoms with Crippen molar-refractivity contribution in [2.45, 2.75) is 103 Å². The number of hydrogen-bond donors (Lipinski definition) is 0. The Hall–Kier alpha value is -0.830.